The zero-order valence-corrected chi connectivity index (χ0v) is 33.3. The maximum atomic E-state index is 11.6. The Kier molecular flexibility index (Phi) is 43.4. The first-order chi connectivity index (χ1) is 23.3. The molecule has 0 aliphatic rings. The van der Waals surface area contributed by atoms with E-state index in [9.17, 15) is 4.79 Å². The molecule has 0 unspecified atom stereocenters. The fraction of sp³-hybridized carbons (Fsp3) is 0.978. The summed E-state index contributed by atoms with van der Waals surface area (Å²) in [6.07, 6.45) is 60.8. The molecule has 0 aromatic heterocycles. The van der Waals surface area contributed by atoms with Gasteiger partial charge in [-0.1, -0.05) is 271 Å². The molecule has 0 saturated heterocycles. The Morgan fingerprint density at radius 2 is 0.404 bits per heavy atom. The molecule has 0 fully saturated rings. The van der Waals surface area contributed by atoms with Gasteiger partial charge in [0.1, 0.15) is 6.29 Å². The summed E-state index contributed by atoms with van der Waals surface area (Å²) in [6, 6.07) is 0. The van der Waals surface area contributed by atoms with Crippen LogP contribution in [0.1, 0.15) is 284 Å². The van der Waals surface area contributed by atoms with Crippen LogP contribution >= 0.6 is 0 Å². The third-order valence-corrected chi connectivity index (χ3v) is 11.0. The lowest BCUT2D eigenvalue weighted by Gasteiger charge is -2.10. The van der Waals surface area contributed by atoms with E-state index in [0.717, 1.165) is 12.8 Å². The van der Waals surface area contributed by atoms with Crippen LogP contribution in [0.5, 0.6) is 0 Å². The summed E-state index contributed by atoms with van der Waals surface area (Å²) in [5, 5.41) is 0. The zero-order chi connectivity index (χ0) is 34.0. The lowest BCUT2D eigenvalue weighted by molar-refractivity contribution is -0.111. The summed E-state index contributed by atoms with van der Waals surface area (Å²) in [5.74, 6) is 0.334. The summed E-state index contributed by atoms with van der Waals surface area (Å²) >= 11 is 0. The summed E-state index contributed by atoms with van der Waals surface area (Å²) in [4.78, 5) is 11.6. The molecular weight excluding hydrogens is 569 g/mol. The lowest BCUT2D eigenvalue weighted by Crippen LogP contribution is -2.02. The molecule has 0 amide bonds. The quantitative estimate of drug-likeness (QED) is 0.0470. The van der Waals surface area contributed by atoms with Gasteiger partial charge in [0, 0.05) is 5.92 Å². The van der Waals surface area contributed by atoms with Gasteiger partial charge in [-0.15, -0.1) is 0 Å². The van der Waals surface area contributed by atoms with E-state index in [-0.39, 0.29) is 0 Å². The van der Waals surface area contributed by atoms with E-state index in [1.54, 1.807) is 0 Å². The maximum absolute atomic E-state index is 11.6. The second kappa shape index (κ2) is 43.7. The first-order valence-electron chi connectivity index (χ1n) is 22.8. The van der Waals surface area contributed by atoms with Crippen LogP contribution in [0.4, 0.5) is 0 Å². The SMILES string of the molecule is CCCCCCCCCCCCCCCCCCCCCCC(C=O)CCCCCCCCCCCCCCCCCCCCCC. The molecule has 1 nitrogen and oxygen atoms in total. The van der Waals surface area contributed by atoms with Crippen molar-refractivity contribution in [3.8, 4) is 0 Å². The van der Waals surface area contributed by atoms with Gasteiger partial charge in [-0.25, -0.2) is 0 Å². The molecule has 0 aliphatic heterocycles. The van der Waals surface area contributed by atoms with Crippen molar-refractivity contribution in [2.24, 2.45) is 5.92 Å². The van der Waals surface area contributed by atoms with Crippen molar-refractivity contribution in [3.05, 3.63) is 0 Å². The molecule has 0 saturated carbocycles. The number of carbonyl (C=O) groups excluding carboxylic acids is 1. The van der Waals surface area contributed by atoms with Gasteiger partial charge in [-0.2, -0.15) is 0 Å². The van der Waals surface area contributed by atoms with Crippen LogP contribution in [0.15, 0.2) is 0 Å². The number of hydrogen-bond donors (Lipinski definition) is 0. The van der Waals surface area contributed by atoms with Gasteiger partial charge in [-0.05, 0) is 12.8 Å². The second-order valence-corrected chi connectivity index (χ2v) is 15.9. The van der Waals surface area contributed by atoms with Crippen molar-refractivity contribution >= 4 is 6.29 Å². The highest BCUT2D eigenvalue weighted by molar-refractivity contribution is 5.53. The van der Waals surface area contributed by atoms with Gasteiger partial charge in [-0.3, -0.25) is 0 Å². The molecule has 0 spiro atoms. The first-order valence-corrected chi connectivity index (χ1v) is 22.8. The van der Waals surface area contributed by atoms with Crippen LogP contribution in [0, 0.1) is 5.92 Å². The van der Waals surface area contributed by atoms with Crippen LogP contribution in [0.2, 0.25) is 0 Å². The number of hydrogen-bond acceptors (Lipinski definition) is 1. The Hall–Kier alpha value is -0.330. The number of carbonyl (C=O) groups is 1. The average Bonchev–Trinajstić information content (AvgIpc) is 3.09. The smallest absolute Gasteiger partial charge is 0.123 e. The molecule has 0 heterocycles. The Balaban J connectivity index is 3.24. The van der Waals surface area contributed by atoms with E-state index in [0.29, 0.717) is 5.92 Å². The van der Waals surface area contributed by atoms with Gasteiger partial charge < -0.3 is 4.79 Å². The summed E-state index contributed by atoms with van der Waals surface area (Å²) in [7, 11) is 0. The summed E-state index contributed by atoms with van der Waals surface area (Å²) < 4.78 is 0. The van der Waals surface area contributed by atoms with Crippen molar-refractivity contribution < 1.29 is 4.79 Å². The van der Waals surface area contributed by atoms with E-state index in [1.165, 1.54) is 263 Å². The fourth-order valence-corrected chi connectivity index (χ4v) is 7.60. The Bertz CT molecular complexity index is 497. The van der Waals surface area contributed by atoms with Gasteiger partial charge in [0.05, 0.1) is 0 Å². The normalized spacial score (nSPS) is 11.6. The van der Waals surface area contributed by atoms with Crippen LogP contribution < -0.4 is 0 Å². The highest BCUT2D eigenvalue weighted by atomic mass is 16.1. The van der Waals surface area contributed by atoms with E-state index in [4.69, 9.17) is 0 Å². The molecule has 0 aromatic carbocycles. The summed E-state index contributed by atoms with van der Waals surface area (Å²) in [5.41, 5.74) is 0. The van der Waals surface area contributed by atoms with Crippen LogP contribution in [0.3, 0.4) is 0 Å². The molecule has 0 atom stereocenters. The number of unbranched alkanes of at least 4 members (excludes halogenated alkanes) is 38. The summed E-state index contributed by atoms with van der Waals surface area (Å²) in [6.45, 7) is 4.61. The molecule has 0 aliphatic carbocycles. The highest BCUT2D eigenvalue weighted by Crippen LogP contribution is 2.20. The van der Waals surface area contributed by atoms with Crippen molar-refractivity contribution in [2.75, 3.05) is 0 Å². The molecular formula is C46H92O. The monoisotopic (exact) mass is 661 g/mol. The van der Waals surface area contributed by atoms with Gasteiger partial charge in [0.25, 0.3) is 0 Å². The van der Waals surface area contributed by atoms with Gasteiger partial charge >= 0.3 is 0 Å². The zero-order valence-electron chi connectivity index (χ0n) is 33.3. The van der Waals surface area contributed by atoms with Crippen molar-refractivity contribution in [1.29, 1.82) is 0 Å². The van der Waals surface area contributed by atoms with E-state index >= 15 is 0 Å². The van der Waals surface area contributed by atoms with E-state index < -0.39 is 0 Å². The van der Waals surface area contributed by atoms with Crippen molar-refractivity contribution in [2.45, 2.75) is 284 Å². The van der Waals surface area contributed by atoms with Crippen LogP contribution in [-0.2, 0) is 4.79 Å². The molecule has 1 heteroatoms. The molecule has 0 bridgehead atoms. The first kappa shape index (κ1) is 46.7. The molecule has 0 rings (SSSR count). The van der Waals surface area contributed by atoms with E-state index in [2.05, 4.69) is 13.8 Å². The molecule has 0 aromatic rings. The fourth-order valence-electron chi connectivity index (χ4n) is 7.60. The minimum Gasteiger partial charge on any atom is -0.303 e. The Morgan fingerprint density at radius 3 is 0.553 bits per heavy atom. The van der Waals surface area contributed by atoms with Crippen LogP contribution in [-0.4, -0.2) is 6.29 Å². The molecule has 0 radical (unpaired) electrons. The van der Waals surface area contributed by atoms with Crippen molar-refractivity contribution in [3.63, 3.8) is 0 Å². The topological polar surface area (TPSA) is 17.1 Å². The minimum absolute atomic E-state index is 0.334. The third kappa shape index (κ3) is 41.8. The molecule has 0 N–H and O–H groups in total. The maximum Gasteiger partial charge on any atom is 0.123 e. The predicted molar refractivity (Wildman–Crippen MR) is 215 cm³/mol. The van der Waals surface area contributed by atoms with Gasteiger partial charge in [0.2, 0.25) is 0 Å². The number of rotatable bonds is 43. The molecule has 47 heavy (non-hydrogen) atoms. The van der Waals surface area contributed by atoms with Crippen LogP contribution in [0.25, 0.3) is 0 Å². The minimum atomic E-state index is 0.334. The number of aldehydes is 1. The second-order valence-electron chi connectivity index (χ2n) is 15.9. The standard InChI is InChI=1S/C46H92O/c1-3-5-7-9-11-13-15-17-19-21-23-25-27-29-31-33-35-37-39-41-43-46(45-47)44-42-40-38-36-34-32-30-28-26-24-22-20-18-16-14-12-10-8-6-4-2/h45-46H,3-44H2,1-2H3. The van der Waals surface area contributed by atoms with Gasteiger partial charge in [0.15, 0.2) is 0 Å². The largest absolute Gasteiger partial charge is 0.303 e. The lowest BCUT2D eigenvalue weighted by atomic mass is 9.95. The third-order valence-electron chi connectivity index (χ3n) is 11.0. The van der Waals surface area contributed by atoms with E-state index in [1.807, 2.05) is 0 Å². The Labute approximate surface area is 299 Å². The Morgan fingerprint density at radius 1 is 0.255 bits per heavy atom. The van der Waals surface area contributed by atoms with Crippen molar-refractivity contribution in [1.82, 2.24) is 0 Å². The predicted octanol–water partition coefficient (Wildman–Crippen LogP) is 17.2. The highest BCUT2D eigenvalue weighted by Gasteiger charge is 2.07. The average molecular weight is 661 g/mol. The molecule has 282 valence electrons.